The zero-order valence-electron chi connectivity index (χ0n) is 16.2. The smallest absolute Gasteiger partial charge is 0.319 e. The minimum absolute atomic E-state index is 0.319. The summed E-state index contributed by atoms with van der Waals surface area (Å²) in [6.45, 7) is 2.14. The van der Waals surface area contributed by atoms with Gasteiger partial charge >= 0.3 is 6.03 Å². The molecule has 0 aliphatic rings. The fourth-order valence-corrected chi connectivity index (χ4v) is 2.99. The summed E-state index contributed by atoms with van der Waals surface area (Å²) in [6.07, 6.45) is 6.69. The lowest BCUT2D eigenvalue weighted by molar-refractivity contribution is 0.102. The number of benzene rings is 1. The third-order valence-electron chi connectivity index (χ3n) is 4.38. The fourth-order valence-electron chi connectivity index (χ4n) is 2.99. The van der Waals surface area contributed by atoms with Gasteiger partial charge in [0.2, 0.25) is 0 Å². The predicted molar refractivity (Wildman–Crippen MR) is 112 cm³/mol. The van der Waals surface area contributed by atoms with Gasteiger partial charge in [-0.25, -0.2) is 14.3 Å². The lowest BCUT2D eigenvalue weighted by Gasteiger charge is -2.10. The molecule has 150 valence electrons. The molecule has 0 saturated carbocycles. The monoisotopic (exact) mass is 401 g/mol. The topological polar surface area (TPSA) is 113 Å². The summed E-state index contributed by atoms with van der Waals surface area (Å²) in [5.41, 5.74) is 3.51. The molecule has 0 fully saturated rings. The van der Waals surface area contributed by atoms with E-state index in [0.717, 1.165) is 5.56 Å². The van der Waals surface area contributed by atoms with Crippen LogP contribution in [-0.2, 0) is 6.54 Å². The van der Waals surface area contributed by atoms with E-state index in [4.69, 9.17) is 0 Å². The summed E-state index contributed by atoms with van der Waals surface area (Å²) in [5.74, 6) is -0.319. The number of fused-ring (bicyclic) bond motifs is 1. The molecule has 0 radical (unpaired) electrons. The Bertz CT molecular complexity index is 1200. The Morgan fingerprint density at radius 3 is 2.57 bits per heavy atom. The first-order valence-electron chi connectivity index (χ1n) is 9.25. The summed E-state index contributed by atoms with van der Waals surface area (Å²) in [4.78, 5) is 33.1. The van der Waals surface area contributed by atoms with Crippen molar-refractivity contribution < 1.29 is 9.59 Å². The first-order chi connectivity index (χ1) is 14.6. The Hall–Kier alpha value is -4.27. The molecular formula is C21H19N7O2. The maximum absolute atomic E-state index is 12.8. The van der Waals surface area contributed by atoms with Crippen LogP contribution in [0.4, 0.5) is 16.2 Å². The van der Waals surface area contributed by atoms with Crippen molar-refractivity contribution in [2.24, 2.45) is 0 Å². The van der Waals surface area contributed by atoms with Gasteiger partial charge in [-0.05, 0) is 48.9 Å². The normalized spacial score (nSPS) is 10.6. The van der Waals surface area contributed by atoms with Gasteiger partial charge in [0.25, 0.3) is 5.91 Å². The Labute approximate surface area is 172 Å². The van der Waals surface area contributed by atoms with Gasteiger partial charge in [0.05, 0.1) is 5.69 Å². The molecule has 3 heterocycles. The molecule has 0 unspecified atom stereocenters. The van der Waals surface area contributed by atoms with Crippen molar-refractivity contribution in [2.45, 2.75) is 13.5 Å². The van der Waals surface area contributed by atoms with Gasteiger partial charge in [-0.1, -0.05) is 6.07 Å². The molecule has 0 bridgehead atoms. The van der Waals surface area contributed by atoms with E-state index in [9.17, 15) is 9.59 Å². The molecule has 1 aromatic carbocycles. The minimum atomic E-state index is -0.349. The van der Waals surface area contributed by atoms with Crippen molar-refractivity contribution in [1.29, 1.82) is 0 Å². The number of nitrogens with zero attached hydrogens (tertiary/aromatic N) is 4. The van der Waals surface area contributed by atoms with Gasteiger partial charge in [-0.2, -0.15) is 5.10 Å². The van der Waals surface area contributed by atoms with E-state index >= 15 is 0 Å². The maximum Gasteiger partial charge on any atom is 0.319 e. The highest BCUT2D eigenvalue weighted by atomic mass is 16.2. The lowest BCUT2D eigenvalue weighted by atomic mass is 10.2. The number of pyridine rings is 1. The van der Waals surface area contributed by atoms with Crippen molar-refractivity contribution in [3.05, 3.63) is 84.1 Å². The molecule has 0 atom stereocenters. The lowest BCUT2D eigenvalue weighted by Crippen LogP contribution is -2.28. The number of aryl methyl sites for hydroxylation is 1. The summed E-state index contributed by atoms with van der Waals surface area (Å²) in [6, 6.07) is 12.0. The van der Waals surface area contributed by atoms with E-state index in [-0.39, 0.29) is 11.9 Å². The van der Waals surface area contributed by atoms with E-state index < -0.39 is 0 Å². The number of anilines is 2. The summed E-state index contributed by atoms with van der Waals surface area (Å²) in [7, 11) is 0. The number of urea groups is 1. The summed E-state index contributed by atoms with van der Waals surface area (Å²) >= 11 is 0. The second-order valence-electron chi connectivity index (χ2n) is 6.55. The molecule has 0 spiro atoms. The van der Waals surface area contributed by atoms with Gasteiger partial charge in [0, 0.05) is 42.7 Å². The van der Waals surface area contributed by atoms with Gasteiger partial charge in [-0.3, -0.25) is 9.78 Å². The third-order valence-corrected chi connectivity index (χ3v) is 4.38. The zero-order valence-corrected chi connectivity index (χ0v) is 16.2. The molecule has 9 nitrogen and oxygen atoms in total. The van der Waals surface area contributed by atoms with E-state index in [1.54, 1.807) is 66.6 Å². The van der Waals surface area contributed by atoms with Crippen molar-refractivity contribution >= 4 is 29.0 Å². The van der Waals surface area contributed by atoms with Gasteiger partial charge in [-0.15, -0.1) is 0 Å². The number of rotatable bonds is 5. The molecule has 3 amide bonds. The Morgan fingerprint density at radius 2 is 1.77 bits per heavy atom. The number of carbonyl (C=O) groups is 2. The van der Waals surface area contributed by atoms with E-state index in [1.807, 2.05) is 12.1 Å². The van der Waals surface area contributed by atoms with E-state index in [2.05, 4.69) is 31.0 Å². The van der Waals surface area contributed by atoms with Crippen LogP contribution in [0.15, 0.2) is 67.3 Å². The number of aromatic nitrogens is 4. The van der Waals surface area contributed by atoms with Crippen LogP contribution in [0.25, 0.3) is 5.65 Å². The molecule has 0 aliphatic heterocycles. The molecule has 9 heteroatoms. The molecule has 4 aromatic rings. The Kier molecular flexibility index (Phi) is 5.33. The number of carbonyl (C=O) groups excluding carboxylic acids is 2. The summed E-state index contributed by atoms with van der Waals surface area (Å²) in [5, 5.41) is 12.7. The van der Waals surface area contributed by atoms with Crippen LogP contribution in [0.5, 0.6) is 0 Å². The second kappa shape index (κ2) is 8.39. The van der Waals surface area contributed by atoms with Crippen LogP contribution in [0, 0.1) is 6.92 Å². The number of amides is 3. The molecule has 4 rings (SSSR count). The largest absolute Gasteiger partial charge is 0.334 e. The van der Waals surface area contributed by atoms with Crippen molar-refractivity contribution in [2.75, 3.05) is 10.6 Å². The highest BCUT2D eigenvalue weighted by molar-refractivity contribution is 6.09. The predicted octanol–water partition coefficient (Wildman–Crippen LogP) is 3.01. The molecule has 3 aromatic heterocycles. The highest BCUT2D eigenvalue weighted by Crippen LogP contribution is 2.19. The van der Waals surface area contributed by atoms with Crippen LogP contribution in [0.1, 0.15) is 21.6 Å². The average molecular weight is 401 g/mol. The first kappa shape index (κ1) is 19.1. The van der Waals surface area contributed by atoms with Gasteiger partial charge in [0.15, 0.2) is 5.65 Å². The minimum Gasteiger partial charge on any atom is -0.334 e. The molecule has 0 saturated heterocycles. The van der Waals surface area contributed by atoms with Crippen molar-refractivity contribution in [3.8, 4) is 0 Å². The quantitative estimate of drug-likeness (QED) is 0.476. The van der Waals surface area contributed by atoms with Crippen LogP contribution >= 0.6 is 0 Å². The highest BCUT2D eigenvalue weighted by Gasteiger charge is 2.18. The number of hydrogen-bond acceptors (Lipinski definition) is 5. The van der Waals surface area contributed by atoms with Crippen molar-refractivity contribution in [3.63, 3.8) is 0 Å². The number of nitrogens with one attached hydrogen (secondary N) is 3. The SMILES string of the molecule is Cc1nn2cccnc2c1C(=O)Nc1cccc(NC(=O)NCc2ccncc2)c1. The molecule has 30 heavy (non-hydrogen) atoms. The first-order valence-corrected chi connectivity index (χ1v) is 9.25. The second-order valence-corrected chi connectivity index (χ2v) is 6.55. The van der Waals surface area contributed by atoms with Crippen LogP contribution in [0.2, 0.25) is 0 Å². The number of hydrogen-bond donors (Lipinski definition) is 3. The van der Waals surface area contributed by atoms with Crippen LogP contribution in [0.3, 0.4) is 0 Å². The Balaban J connectivity index is 1.42. The van der Waals surface area contributed by atoms with Crippen LogP contribution < -0.4 is 16.0 Å². The van der Waals surface area contributed by atoms with Crippen LogP contribution in [-0.4, -0.2) is 31.5 Å². The standard InChI is InChI=1S/C21H19N7O2/c1-14-18(19-23-8-3-11-28(19)27-14)20(29)25-16-4-2-5-17(12-16)26-21(30)24-13-15-6-9-22-10-7-15/h2-12H,13H2,1H3,(H,25,29)(H2,24,26,30). The third kappa shape index (κ3) is 4.25. The fraction of sp³-hybridized carbons (Fsp3) is 0.0952. The molecule has 0 aliphatic carbocycles. The van der Waals surface area contributed by atoms with E-state index in [1.165, 1.54) is 0 Å². The van der Waals surface area contributed by atoms with Crippen molar-refractivity contribution in [1.82, 2.24) is 24.9 Å². The Morgan fingerprint density at radius 1 is 1.00 bits per heavy atom. The zero-order chi connectivity index (χ0) is 20.9. The molecular weight excluding hydrogens is 382 g/mol. The van der Waals surface area contributed by atoms with Gasteiger partial charge < -0.3 is 16.0 Å². The average Bonchev–Trinajstić information content (AvgIpc) is 3.09. The van der Waals surface area contributed by atoms with E-state index in [0.29, 0.717) is 34.8 Å². The molecule has 3 N–H and O–H groups in total. The maximum atomic E-state index is 12.8. The summed E-state index contributed by atoms with van der Waals surface area (Å²) < 4.78 is 1.56. The van der Waals surface area contributed by atoms with Gasteiger partial charge in [0.1, 0.15) is 5.56 Å².